The summed E-state index contributed by atoms with van der Waals surface area (Å²) in [4.78, 5) is 14.7. The minimum absolute atomic E-state index is 0.264. The van der Waals surface area contributed by atoms with Gasteiger partial charge in [0.05, 0.1) is 6.61 Å². The van der Waals surface area contributed by atoms with Gasteiger partial charge in [-0.05, 0) is 69.1 Å². The smallest absolute Gasteiger partial charge is 0.136 e. The van der Waals surface area contributed by atoms with Crippen LogP contribution in [0.15, 0.2) is 54.6 Å². The summed E-state index contributed by atoms with van der Waals surface area (Å²) >= 11 is 0. The quantitative estimate of drug-likeness (QED) is 0.816. The lowest BCUT2D eigenvalue weighted by Crippen LogP contribution is -2.44. The Balaban J connectivity index is 1.52. The van der Waals surface area contributed by atoms with Crippen molar-refractivity contribution in [3.8, 4) is 11.5 Å². The van der Waals surface area contributed by atoms with Gasteiger partial charge in [0.1, 0.15) is 17.3 Å². The van der Waals surface area contributed by atoms with E-state index in [4.69, 9.17) is 4.74 Å². The van der Waals surface area contributed by atoms with Crippen LogP contribution in [0, 0.1) is 5.41 Å². The van der Waals surface area contributed by atoms with E-state index in [0.717, 1.165) is 44.6 Å². The van der Waals surface area contributed by atoms with Gasteiger partial charge in [-0.3, -0.25) is 9.69 Å². The Morgan fingerprint density at radius 3 is 2.35 bits per heavy atom. The molecule has 0 unspecified atom stereocenters. The van der Waals surface area contributed by atoms with Crippen LogP contribution in [0.2, 0.25) is 0 Å². The average Bonchev–Trinajstić information content (AvgIpc) is 2.66. The molecule has 1 aliphatic rings. The molecule has 2 aromatic carbocycles. The number of phenols is 1. The maximum absolute atomic E-state index is 12.4. The second-order valence-corrected chi connectivity index (χ2v) is 7.19. The van der Waals surface area contributed by atoms with Crippen molar-refractivity contribution in [3.05, 3.63) is 60.2 Å². The molecule has 0 bridgehead atoms. The molecule has 1 fully saturated rings. The molecule has 3 rings (SSSR count). The second kappa shape index (κ2) is 8.37. The van der Waals surface area contributed by atoms with Crippen molar-refractivity contribution >= 4 is 5.78 Å². The van der Waals surface area contributed by atoms with Crippen molar-refractivity contribution < 1.29 is 14.6 Å². The van der Waals surface area contributed by atoms with Crippen LogP contribution in [0.4, 0.5) is 0 Å². The van der Waals surface area contributed by atoms with Crippen molar-refractivity contribution in [1.29, 1.82) is 0 Å². The molecule has 0 aliphatic carbocycles. The molecular weight excluding hydrogens is 326 g/mol. The summed E-state index contributed by atoms with van der Waals surface area (Å²) in [5.74, 6) is 1.43. The van der Waals surface area contributed by atoms with E-state index in [1.54, 1.807) is 19.1 Å². The molecule has 1 N–H and O–H groups in total. The zero-order valence-corrected chi connectivity index (χ0v) is 15.4. The molecule has 1 saturated heterocycles. The molecule has 0 aromatic heterocycles. The van der Waals surface area contributed by atoms with E-state index in [1.165, 1.54) is 5.56 Å². The molecule has 4 heteroatoms. The van der Waals surface area contributed by atoms with Crippen molar-refractivity contribution in [1.82, 2.24) is 4.90 Å². The third-order valence-corrected chi connectivity index (χ3v) is 5.50. The van der Waals surface area contributed by atoms with Crippen LogP contribution in [0.5, 0.6) is 11.5 Å². The van der Waals surface area contributed by atoms with Gasteiger partial charge in [-0.25, -0.2) is 0 Å². The Bertz CT molecular complexity index is 704. The monoisotopic (exact) mass is 353 g/mol. The van der Waals surface area contributed by atoms with Gasteiger partial charge in [-0.1, -0.05) is 30.3 Å². The summed E-state index contributed by atoms with van der Waals surface area (Å²) in [7, 11) is 0. The Morgan fingerprint density at radius 1 is 1.08 bits per heavy atom. The number of phenolic OH excluding ortho intramolecular Hbond substituents is 1. The van der Waals surface area contributed by atoms with Gasteiger partial charge in [0.15, 0.2) is 0 Å². The minimum atomic E-state index is -0.264. The molecular formula is C22H27NO3. The number of ketones is 1. The molecule has 0 spiro atoms. The first kappa shape index (κ1) is 18.5. The normalized spacial score (nSPS) is 17.0. The molecule has 0 atom stereocenters. The third kappa shape index (κ3) is 4.64. The summed E-state index contributed by atoms with van der Waals surface area (Å²) in [5, 5.41) is 9.39. The summed E-state index contributed by atoms with van der Waals surface area (Å²) in [5.41, 5.74) is 0.922. The number of rotatable bonds is 7. The highest BCUT2D eigenvalue weighted by Crippen LogP contribution is 2.36. The van der Waals surface area contributed by atoms with Gasteiger partial charge in [0.25, 0.3) is 0 Å². The lowest BCUT2D eigenvalue weighted by Gasteiger charge is -2.40. The Morgan fingerprint density at radius 2 is 1.73 bits per heavy atom. The zero-order valence-electron chi connectivity index (χ0n) is 15.4. The van der Waals surface area contributed by atoms with Crippen molar-refractivity contribution in [2.45, 2.75) is 32.7 Å². The third-order valence-electron chi connectivity index (χ3n) is 5.50. The fraction of sp³-hybridized carbons (Fsp3) is 0.409. The number of benzene rings is 2. The first-order chi connectivity index (χ1) is 12.6. The number of likely N-dealkylation sites (tertiary alicyclic amines) is 1. The van der Waals surface area contributed by atoms with Gasteiger partial charge in [-0.15, -0.1) is 0 Å². The fourth-order valence-electron chi connectivity index (χ4n) is 3.66. The second-order valence-electron chi connectivity index (χ2n) is 7.19. The number of ether oxygens (including phenoxy) is 1. The van der Waals surface area contributed by atoms with Crippen LogP contribution in [0.25, 0.3) is 0 Å². The molecule has 4 nitrogen and oxygen atoms in total. The molecule has 1 heterocycles. The van der Waals surface area contributed by atoms with Crippen LogP contribution >= 0.6 is 0 Å². The highest BCUT2D eigenvalue weighted by Gasteiger charge is 2.38. The predicted molar refractivity (Wildman–Crippen MR) is 102 cm³/mol. The summed E-state index contributed by atoms with van der Waals surface area (Å²) in [6, 6.07) is 17.1. The molecule has 0 saturated carbocycles. The van der Waals surface area contributed by atoms with Crippen LogP contribution in [-0.2, 0) is 11.3 Å². The van der Waals surface area contributed by atoms with Crippen LogP contribution < -0.4 is 4.74 Å². The SMILES string of the molecule is CC(=O)C1(CCOc2ccccc2)CCN(Cc2ccc(O)cc2)CC1. The highest BCUT2D eigenvalue weighted by molar-refractivity contribution is 5.82. The number of piperidine rings is 1. The predicted octanol–water partition coefficient (Wildman–Crippen LogP) is 4.03. The topological polar surface area (TPSA) is 49.8 Å². The standard InChI is InChI=1S/C22H27NO3/c1-18(24)22(13-16-26-21-5-3-2-4-6-21)11-14-23(15-12-22)17-19-7-9-20(25)10-8-19/h2-10,25H,11-17H2,1H3. The van der Waals surface area contributed by atoms with E-state index in [1.807, 2.05) is 42.5 Å². The molecule has 138 valence electrons. The molecule has 26 heavy (non-hydrogen) atoms. The Hall–Kier alpha value is -2.33. The van der Waals surface area contributed by atoms with E-state index >= 15 is 0 Å². The number of para-hydroxylation sites is 1. The lowest BCUT2D eigenvalue weighted by atomic mass is 9.73. The van der Waals surface area contributed by atoms with Gasteiger partial charge < -0.3 is 9.84 Å². The zero-order chi connectivity index (χ0) is 18.4. The first-order valence-electron chi connectivity index (χ1n) is 9.27. The number of Topliss-reactive ketones (excluding diaryl/α,β-unsaturated/α-hetero) is 1. The van der Waals surface area contributed by atoms with E-state index in [0.29, 0.717) is 12.4 Å². The van der Waals surface area contributed by atoms with E-state index in [-0.39, 0.29) is 11.2 Å². The van der Waals surface area contributed by atoms with Gasteiger partial charge in [0.2, 0.25) is 0 Å². The number of nitrogens with zero attached hydrogens (tertiary/aromatic N) is 1. The number of hydrogen-bond donors (Lipinski definition) is 1. The lowest BCUT2D eigenvalue weighted by molar-refractivity contribution is -0.130. The van der Waals surface area contributed by atoms with Gasteiger partial charge in [-0.2, -0.15) is 0 Å². The number of carbonyl (C=O) groups is 1. The van der Waals surface area contributed by atoms with E-state index in [9.17, 15) is 9.90 Å². The Labute approximate surface area is 155 Å². The van der Waals surface area contributed by atoms with E-state index in [2.05, 4.69) is 4.90 Å². The van der Waals surface area contributed by atoms with Gasteiger partial charge >= 0.3 is 0 Å². The molecule has 2 aromatic rings. The summed E-state index contributed by atoms with van der Waals surface area (Å²) < 4.78 is 5.83. The number of hydrogen-bond acceptors (Lipinski definition) is 4. The van der Waals surface area contributed by atoms with Crippen LogP contribution in [0.1, 0.15) is 31.7 Å². The fourth-order valence-corrected chi connectivity index (χ4v) is 3.66. The van der Waals surface area contributed by atoms with E-state index < -0.39 is 0 Å². The molecule has 0 radical (unpaired) electrons. The first-order valence-corrected chi connectivity index (χ1v) is 9.27. The van der Waals surface area contributed by atoms with Crippen molar-refractivity contribution in [3.63, 3.8) is 0 Å². The maximum atomic E-state index is 12.4. The van der Waals surface area contributed by atoms with Crippen molar-refractivity contribution in [2.24, 2.45) is 5.41 Å². The number of carbonyl (C=O) groups excluding carboxylic acids is 1. The summed E-state index contributed by atoms with van der Waals surface area (Å²) in [6.07, 6.45) is 2.52. The number of aromatic hydroxyl groups is 1. The van der Waals surface area contributed by atoms with Crippen LogP contribution in [-0.4, -0.2) is 35.5 Å². The molecule has 0 amide bonds. The summed E-state index contributed by atoms with van der Waals surface area (Å²) in [6.45, 7) is 4.96. The minimum Gasteiger partial charge on any atom is -0.508 e. The Kier molecular flexibility index (Phi) is 5.94. The highest BCUT2D eigenvalue weighted by atomic mass is 16.5. The average molecular weight is 353 g/mol. The van der Waals surface area contributed by atoms with Crippen molar-refractivity contribution in [2.75, 3.05) is 19.7 Å². The van der Waals surface area contributed by atoms with Gasteiger partial charge in [0, 0.05) is 12.0 Å². The largest absolute Gasteiger partial charge is 0.508 e. The van der Waals surface area contributed by atoms with Crippen LogP contribution in [0.3, 0.4) is 0 Å². The molecule has 1 aliphatic heterocycles. The maximum Gasteiger partial charge on any atom is 0.136 e.